The molecule has 0 spiro atoms. The van der Waals surface area contributed by atoms with Gasteiger partial charge in [0.1, 0.15) is 11.4 Å². The number of rotatable bonds is 5. The molecule has 0 aliphatic carbocycles. The number of amides is 1. The zero-order valence-electron chi connectivity index (χ0n) is 14.3. The molecule has 3 heterocycles. The predicted octanol–water partition coefficient (Wildman–Crippen LogP) is 3.07. The molecule has 0 bridgehead atoms. The molecule has 1 aromatic carbocycles. The maximum atomic E-state index is 13.0. The van der Waals surface area contributed by atoms with Crippen LogP contribution in [0.3, 0.4) is 0 Å². The van der Waals surface area contributed by atoms with E-state index in [-0.39, 0.29) is 11.9 Å². The van der Waals surface area contributed by atoms with E-state index in [2.05, 4.69) is 10.1 Å². The Labute approximate surface area is 146 Å². The van der Waals surface area contributed by atoms with Gasteiger partial charge in [-0.1, -0.05) is 0 Å². The first-order chi connectivity index (χ1) is 12.2. The van der Waals surface area contributed by atoms with E-state index in [1.807, 2.05) is 53.0 Å². The third-order valence-corrected chi connectivity index (χ3v) is 4.73. The number of hydrogen-bond acceptors (Lipinski definition) is 3. The standard InChI is InChI=1S/C19H22N4O2/c1-2-25-16-7-6-14-11-18(21-17(14)12-16)19(24)23-10-3-5-15(23)13-22-9-4-8-20-22/h4,6-9,11-12,15,21H,2-3,5,10,13H2,1H3. The second kappa shape index (κ2) is 6.63. The number of hydrogen-bond donors (Lipinski definition) is 1. The van der Waals surface area contributed by atoms with Gasteiger partial charge in [0.15, 0.2) is 0 Å². The summed E-state index contributed by atoms with van der Waals surface area (Å²) in [6.07, 6.45) is 5.76. The minimum atomic E-state index is 0.0591. The van der Waals surface area contributed by atoms with E-state index >= 15 is 0 Å². The molecule has 1 aliphatic rings. The van der Waals surface area contributed by atoms with Gasteiger partial charge in [0.25, 0.3) is 5.91 Å². The van der Waals surface area contributed by atoms with Crippen LogP contribution in [0.1, 0.15) is 30.3 Å². The van der Waals surface area contributed by atoms with Crippen molar-refractivity contribution in [2.24, 2.45) is 0 Å². The summed E-state index contributed by atoms with van der Waals surface area (Å²) in [5.74, 6) is 0.873. The number of carbonyl (C=O) groups is 1. The average molecular weight is 338 g/mol. The number of ether oxygens (including phenoxy) is 1. The maximum absolute atomic E-state index is 13.0. The van der Waals surface area contributed by atoms with Crippen molar-refractivity contribution in [3.05, 3.63) is 48.4 Å². The van der Waals surface area contributed by atoms with Gasteiger partial charge in [-0.3, -0.25) is 9.48 Å². The lowest BCUT2D eigenvalue weighted by Crippen LogP contribution is -2.38. The van der Waals surface area contributed by atoms with E-state index in [4.69, 9.17) is 4.74 Å². The van der Waals surface area contributed by atoms with Crippen molar-refractivity contribution in [3.8, 4) is 5.75 Å². The van der Waals surface area contributed by atoms with Gasteiger partial charge in [0.05, 0.1) is 19.2 Å². The van der Waals surface area contributed by atoms with Crippen LogP contribution in [0.5, 0.6) is 5.75 Å². The molecule has 25 heavy (non-hydrogen) atoms. The molecular weight excluding hydrogens is 316 g/mol. The van der Waals surface area contributed by atoms with E-state index in [0.717, 1.165) is 42.6 Å². The molecule has 6 heteroatoms. The lowest BCUT2D eigenvalue weighted by atomic mass is 10.2. The third-order valence-electron chi connectivity index (χ3n) is 4.73. The fourth-order valence-corrected chi connectivity index (χ4v) is 3.55. The van der Waals surface area contributed by atoms with E-state index < -0.39 is 0 Å². The summed E-state index contributed by atoms with van der Waals surface area (Å²) < 4.78 is 7.43. The highest BCUT2D eigenvalue weighted by molar-refractivity contribution is 5.98. The first-order valence-corrected chi connectivity index (χ1v) is 8.78. The van der Waals surface area contributed by atoms with Crippen molar-refractivity contribution in [2.75, 3.05) is 13.2 Å². The largest absolute Gasteiger partial charge is 0.494 e. The number of aromatic amines is 1. The van der Waals surface area contributed by atoms with E-state index in [0.29, 0.717) is 12.3 Å². The molecule has 0 radical (unpaired) electrons. The Kier molecular flexibility index (Phi) is 4.17. The number of nitrogens with zero attached hydrogens (tertiary/aromatic N) is 3. The van der Waals surface area contributed by atoms with Gasteiger partial charge < -0.3 is 14.6 Å². The van der Waals surface area contributed by atoms with Crippen molar-refractivity contribution in [3.63, 3.8) is 0 Å². The zero-order valence-corrected chi connectivity index (χ0v) is 14.3. The van der Waals surface area contributed by atoms with Crippen molar-refractivity contribution < 1.29 is 9.53 Å². The third kappa shape index (κ3) is 3.12. The number of carbonyl (C=O) groups excluding carboxylic acids is 1. The Hall–Kier alpha value is -2.76. The SMILES string of the molecule is CCOc1ccc2cc(C(=O)N3CCCC3Cn3cccn3)[nH]c2c1. The van der Waals surface area contributed by atoms with Gasteiger partial charge in [-0.05, 0) is 44.0 Å². The highest BCUT2D eigenvalue weighted by Crippen LogP contribution is 2.25. The molecular formula is C19H22N4O2. The second-order valence-corrected chi connectivity index (χ2v) is 6.39. The Morgan fingerprint density at radius 2 is 2.32 bits per heavy atom. The van der Waals surface area contributed by atoms with Crippen LogP contribution in [0, 0.1) is 0 Å². The van der Waals surface area contributed by atoms with Crippen molar-refractivity contribution in [2.45, 2.75) is 32.4 Å². The number of H-pyrrole nitrogens is 1. The van der Waals surface area contributed by atoms with E-state index in [1.54, 1.807) is 6.20 Å². The molecule has 2 aromatic heterocycles. The lowest BCUT2D eigenvalue weighted by Gasteiger charge is -2.24. The highest BCUT2D eigenvalue weighted by Gasteiger charge is 2.30. The molecule has 1 saturated heterocycles. The number of nitrogens with one attached hydrogen (secondary N) is 1. The number of fused-ring (bicyclic) bond motifs is 1. The normalized spacial score (nSPS) is 17.3. The summed E-state index contributed by atoms with van der Waals surface area (Å²) in [5, 5.41) is 5.29. The maximum Gasteiger partial charge on any atom is 0.270 e. The van der Waals surface area contributed by atoms with Crippen LogP contribution in [0.25, 0.3) is 10.9 Å². The van der Waals surface area contributed by atoms with Crippen LogP contribution in [-0.2, 0) is 6.54 Å². The van der Waals surface area contributed by atoms with Gasteiger partial charge in [-0.15, -0.1) is 0 Å². The number of likely N-dealkylation sites (tertiary alicyclic amines) is 1. The fraction of sp³-hybridized carbons (Fsp3) is 0.368. The molecule has 4 rings (SSSR count). The Morgan fingerprint density at radius 3 is 3.12 bits per heavy atom. The van der Waals surface area contributed by atoms with Crippen LogP contribution in [0.4, 0.5) is 0 Å². The molecule has 130 valence electrons. The monoisotopic (exact) mass is 338 g/mol. The first kappa shape index (κ1) is 15.7. The number of benzene rings is 1. The van der Waals surface area contributed by atoms with Crippen molar-refractivity contribution in [1.82, 2.24) is 19.7 Å². The van der Waals surface area contributed by atoms with Crippen LogP contribution in [0.15, 0.2) is 42.7 Å². The molecule has 1 amide bonds. The van der Waals surface area contributed by atoms with Crippen LogP contribution in [0.2, 0.25) is 0 Å². The number of aromatic nitrogens is 3. The van der Waals surface area contributed by atoms with Gasteiger partial charge in [-0.2, -0.15) is 5.10 Å². The van der Waals surface area contributed by atoms with Crippen molar-refractivity contribution >= 4 is 16.8 Å². The van der Waals surface area contributed by atoms with Gasteiger partial charge in [-0.25, -0.2) is 0 Å². The van der Waals surface area contributed by atoms with E-state index in [9.17, 15) is 4.79 Å². The molecule has 1 fully saturated rings. The molecule has 3 aromatic rings. The molecule has 1 aliphatic heterocycles. The Balaban J connectivity index is 1.55. The molecule has 6 nitrogen and oxygen atoms in total. The summed E-state index contributed by atoms with van der Waals surface area (Å²) >= 11 is 0. The Bertz CT molecular complexity index is 869. The van der Waals surface area contributed by atoms with Crippen LogP contribution in [-0.4, -0.2) is 44.8 Å². The van der Waals surface area contributed by atoms with Crippen molar-refractivity contribution in [1.29, 1.82) is 0 Å². The smallest absolute Gasteiger partial charge is 0.270 e. The topological polar surface area (TPSA) is 63.1 Å². The molecule has 1 N–H and O–H groups in total. The minimum Gasteiger partial charge on any atom is -0.494 e. The minimum absolute atomic E-state index is 0.0591. The summed E-state index contributed by atoms with van der Waals surface area (Å²) in [6, 6.07) is 9.90. The van der Waals surface area contributed by atoms with Gasteiger partial charge in [0.2, 0.25) is 0 Å². The molecule has 1 unspecified atom stereocenters. The Morgan fingerprint density at radius 1 is 1.40 bits per heavy atom. The summed E-state index contributed by atoms with van der Waals surface area (Å²) in [6.45, 7) is 4.12. The first-order valence-electron chi connectivity index (χ1n) is 8.78. The predicted molar refractivity (Wildman–Crippen MR) is 95.8 cm³/mol. The van der Waals surface area contributed by atoms with E-state index in [1.165, 1.54) is 0 Å². The quantitative estimate of drug-likeness (QED) is 0.778. The average Bonchev–Trinajstić information content (AvgIpc) is 3.35. The van der Waals surface area contributed by atoms with Crippen LogP contribution < -0.4 is 4.74 Å². The van der Waals surface area contributed by atoms with Gasteiger partial charge in [0, 0.05) is 35.9 Å². The summed E-state index contributed by atoms with van der Waals surface area (Å²) in [5.41, 5.74) is 1.56. The fourth-order valence-electron chi connectivity index (χ4n) is 3.55. The summed E-state index contributed by atoms with van der Waals surface area (Å²) in [7, 11) is 0. The molecule has 1 atom stereocenters. The summed E-state index contributed by atoms with van der Waals surface area (Å²) in [4.78, 5) is 18.2. The highest BCUT2D eigenvalue weighted by atomic mass is 16.5. The van der Waals surface area contributed by atoms with Crippen LogP contribution >= 0.6 is 0 Å². The van der Waals surface area contributed by atoms with Gasteiger partial charge >= 0.3 is 0 Å². The lowest BCUT2D eigenvalue weighted by molar-refractivity contribution is 0.0716. The zero-order chi connectivity index (χ0) is 17.2. The second-order valence-electron chi connectivity index (χ2n) is 6.39. The molecule has 0 saturated carbocycles.